The van der Waals surface area contributed by atoms with Crippen LogP contribution in [0.15, 0.2) is 35.1 Å². The van der Waals surface area contributed by atoms with Gasteiger partial charge in [0.1, 0.15) is 4.60 Å². The SMILES string of the molecule is Cc1ccc(C(=O)Nc2cnc(Br)c(C)c2)c(Cl)c1. The van der Waals surface area contributed by atoms with E-state index in [-0.39, 0.29) is 5.91 Å². The summed E-state index contributed by atoms with van der Waals surface area (Å²) in [6, 6.07) is 7.18. The minimum absolute atomic E-state index is 0.242. The van der Waals surface area contributed by atoms with Crippen LogP contribution in [0.2, 0.25) is 5.02 Å². The molecule has 2 rings (SSSR count). The number of nitrogens with one attached hydrogen (secondary N) is 1. The molecule has 0 aliphatic heterocycles. The first-order valence-electron chi connectivity index (χ1n) is 5.67. The number of anilines is 1. The third-order valence-electron chi connectivity index (χ3n) is 2.64. The van der Waals surface area contributed by atoms with Gasteiger partial charge in [-0.1, -0.05) is 17.7 Å². The van der Waals surface area contributed by atoms with Crippen LogP contribution in [0.25, 0.3) is 0 Å². The standard InChI is InChI=1S/C14H12BrClN2O/c1-8-3-4-11(12(16)5-8)14(19)18-10-6-9(2)13(15)17-7-10/h3-7H,1-2H3,(H,18,19). The van der Waals surface area contributed by atoms with E-state index >= 15 is 0 Å². The van der Waals surface area contributed by atoms with Crippen LogP contribution in [0.5, 0.6) is 0 Å². The van der Waals surface area contributed by atoms with Crippen LogP contribution < -0.4 is 5.32 Å². The zero-order chi connectivity index (χ0) is 14.0. The quantitative estimate of drug-likeness (QED) is 0.826. The number of carbonyl (C=O) groups is 1. The molecular formula is C14H12BrClN2O. The molecule has 0 unspecified atom stereocenters. The van der Waals surface area contributed by atoms with Gasteiger partial charge in [0.2, 0.25) is 0 Å². The van der Waals surface area contributed by atoms with Crippen molar-refractivity contribution < 1.29 is 4.79 Å². The van der Waals surface area contributed by atoms with Crippen LogP contribution in [0.4, 0.5) is 5.69 Å². The van der Waals surface area contributed by atoms with Gasteiger partial charge >= 0.3 is 0 Å². The highest BCUT2D eigenvalue weighted by molar-refractivity contribution is 9.10. The maximum atomic E-state index is 12.1. The molecule has 0 aliphatic carbocycles. The Kier molecular flexibility index (Phi) is 4.22. The number of aryl methyl sites for hydroxylation is 2. The summed E-state index contributed by atoms with van der Waals surface area (Å²) in [5, 5.41) is 3.22. The van der Waals surface area contributed by atoms with E-state index in [1.165, 1.54) is 0 Å². The normalized spacial score (nSPS) is 10.3. The van der Waals surface area contributed by atoms with Gasteiger partial charge in [0, 0.05) is 0 Å². The molecule has 0 fully saturated rings. The van der Waals surface area contributed by atoms with Gasteiger partial charge in [-0.05, 0) is 59.1 Å². The van der Waals surface area contributed by atoms with Gasteiger partial charge in [0.25, 0.3) is 5.91 Å². The lowest BCUT2D eigenvalue weighted by molar-refractivity contribution is 0.102. The molecule has 19 heavy (non-hydrogen) atoms. The van der Waals surface area contributed by atoms with E-state index in [4.69, 9.17) is 11.6 Å². The van der Waals surface area contributed by atoms with Gasteiger partial charge < -0.3 is 5.32 Å². The average Bonchev–Trinajstić information content (AvgIpc) is 2.33. The molecule has 0 radical (unpaired) electrons. The summed E-state index contributed by atoms with van der Waals surface area (Å²) in [5.74, 6) is -0.242. The van der Waals surface area contributed by atoms with Crippen molar-refractivity contribution in [3.8, 4) is 0 Å². The molecule has 0 bridgehead atoms. The Balaban J connectivity index is 2.23. The molecular weight excluding hydrogens is 328 g/mol. The second kappa shape index (κ2) is 5.72. The van der Waals surface area contributed by atoms with Crippen molar-refractivity contribution in [3.05, 3.63) is 56.8 Å². The topological polar surface area (TPSA) is 42.0 Å². The number of hydrogen-bond donors (Lipinski definition) is 1. The highest BCUT2D eigenvalue weighted by Gasteiger charge is 2.11. The van der Waals surface area contributed by atoms with Gasteiger partial charge in [-0.3, -0.25) is 4.79 Å². The maximum absolute atomic E-state index is 12.1. The van der Waals surface area contributed by atoms with Crippen molar-refractivity contribution in [2.45, 2.75) is 13.8 Å². The number of benzene rings is 1. The monoisotopic (exact) mass is 338 g/mol. The lowest BCUT2D eigenvalue weighted by atomic mass is 10.1. The molecule has 0 saturated heterocycles. The lowest BCUT2D eigenvalue weighted by Gasteiger charge is -2.08. The lowest BCUT2D eigenvalue weighted by Crippen LogP contribution is -2.12. The van der Waals surface area contributed by atoms with Crippen LogP contribution >= 0.6 is 27.5 Å². The first-order valence-corrected chi connectivity index (χ1v) is 6.84. The summed E-state index contributed by atoms with van der Waals surface area (Å²) in [7, 11) is 0. The molecule has 3 nitrogen and oxygen atoms in total. The fourth-order valence-corrected chi connectivity index (χ4v) is 2.17. The smallest absolute Gasteiger partial charge is 0.257 e. The summed E-state index contributed by atoms with van der Waals surface area (Å²) >= 11 is 9.38. The van der Waals surface area contributed by atoms with Crippen LogP contribution in [-0.4, -0.2) is 10.9 Å². The number of pyridine rings is 1. The van der Waals surface area contributed by atoms with Crippen LogP contribution in [0.3, 0.4) is 0 Å². The van der Waals surface area contributed by atoms with Crippen molar-refractivity contribution in [1.29, 1.82) is 0 Å². The molecule has 2 aromatic rings. The molecule has 1 amide bonds. The van der Waals surface area contributed by atoms with Crippen molar-refractivity contribution in [2.24, 2.45) is 0 Å². The molecule has 1 heterocycles. The first kappa shape index (κ1) is 14.0. The predicted molar refractivity (Wildman–Crippen MR) is 80.8 cm³/mol. The fraction of sp³-hybridized carbons (Fsp3) is 0.143. The van der Waals surface area contributed by atoms with E-state index in [9.17, 15) is 4.79 Å². The maximum Gasteiger partial charge on any atom is 0.257 e. The van der Waals surface area contributed by atoms with Gasteiger partial charge in [-0.2, -0.15) is 0 Å². The van der Waals surface area contributed by atoms with Crippen molar-refractivity contribution in [3.63, 3.8) is 0 Å². The van der Waals surface area contributed by atoms with Gasteiger partial charge in [-0.25, -0.2) is 4.98 Å². The predicted octanol–water partition coefficient (Wildman–Crippen LogP) is 4.37. The molecule has 98 valence electrons. The Hall–Kier alpha value is -1.39. The minimum Gasteiger partial charge on any atom is -0.321 e. The summed E-state index contributed by atoms with van der Waals surface area (Å²) in [6.07, 6.45) is 1.59. The summed E-state index contributed by atoms with van der Waals surface area (Å²) in [4.78, 5) is 16.2. The highest BCUT2D eigenvalue weighted by Crippen LogP contribution is 2.21. The molecule has 1 aromatic carbocycles. The second-order valence-corrected chi connectivity index (χ2v) is 5.43. The minimum atomic E-state index is -0.242. The van der Waals surface area contributed by atoms with E-state index in [1.54, 1.807) is 18.3 Å². The van der Waals surface area contributed by atoms with Crippen molar-refractivity contribution in [2.75, 3.05) is 5.32 Å². The van der Waals surface area contributed by atoms with E-state index in [0.717, 1.165) is 15.7 Å². The third-order valence-corrected chi connectivity index (χ3v) is 3.78. The molecule has 0 aliphatic rings. The molecule has 1 aromatic heterocycles. The largest absolute Gasteiger partial charge is 0.321 e. The summed E-state index contributed by atoms with van der Waals surface area (Å²) in [5.41, 5.74) is 3.06. The Morgan fingerprint density at radius 1 is 1.32 bits per heavy atom. The number of rotatable bonds is 2. The summed E-state index contributed by atoms with van der Waals surface area (Å²) in [6.45, 7) is 3.83. The number of halogens is 2. The summed E-state index contributed by atoms with van der Waals surface area (Å²) < 4.78 is 0.763. The molecule has 1 N–H and O–H groups in total. The molecule has 0 spiro atoms. The van der Waals surface area contributed by atoms with E-state index in [1.807, 2.05) is 26.0 Å². The van der Waals surface area contributed by atoms with Crippen LogP contribution in [0, 0.1) is 13.8 Å². The fourth-order valence-electron chi connectivity index (χ4n) is 1.63. The van der Waals surface area contributed by atoms with Gasteiger partial charge in [0.15, 0.2) is 0 Å². The second-order valence-electron chi connectivity index (χ2n) is 4.27. The zero-order valence-corrected chi connectivity index (χ0v) is 12.8. The van der Waals surface area contributed by atoms with E-state index < -0.39 is 0 Å². The Labute approximate surface area is 125 Å². The van der Waals surface area contributed by atoms with Crippen LogP contribution in [0.1, 0.15) is 21.5 Å². The van der Waals surface area contributed by atoms with Gasteiger partial charge in [0.05, 0.1) is 22.5 Å². The zero-order valence-electron chi connectivity index (χ0n) is 10.5. The molecule has 0 atom stereocenters. The van der Waals surface area contributed by atoms with Gasteiger partial charge in [-0.15, -0.1) is 0 Å². The highest BCUT2D eigenvalue weighted by atomic mass is 79.9. The molecule has 5 heteroatoms. The number of aromatic nitrogens is 1. The Morgan fingerprint density at radius 3 is 2.68 bits per heavy atom. The Bertz CT molecular complexity index is 643. The third kappa shape index (κ3) is 3.33. The number of carbonyl (C=O) groups excluding carboxylic acids is 1. The first-order chi connectivity index (χ1) is 8.97. The Morgan fingerprint density at radius 2 is 2.05 bits per heavy atom. The van der Waals surface area contributed by atoms with E-state index in [2.05, 4.69) is 26.2 Å². The van der Waals surface area contributed by atoms with Crippen LogP contribution in [-0.2, 0) is 0 Å². The molecule has 0 saturated carbocycles. The van der Waals surface area contributed by atoms with Crippen molar-refractivity contribution >= 4 is 39.1 Å². The average molecular weight is 340 g/mol. The number of hydrogen-bond acceptors (Lipinski definition) is 2. The van der Waals surface area contributed by atoms with Crippen molar-refractivity contribution in [1.82, 2.24) is 4.98 Å². The number of amides is 1. The van der Waals surface area contributed by atoms with E-state index in [0.29, 0.717) is 16.3 Å². The number of nitrogens with zero attached hydrogens (tertiary/aromatic N) is 1.